The summed E-state index contributed by atoms with van der Waals surface area (Å²) in [6.07, 6.45) is 0.771. The van der Waals surface area contributed by atoms with E-state index in [2.05, 4.69) is 15.9 Å². The maximum absolute atomic E-state index is 12.9. The fourth-order valence-electron chi connectivity index (χ4n) is 2.39. The van der Waals surface area contributed by atoms with Crippen molar-refractivity contribution in [3.63, 3.8) is 0 Å². The molecule has 0 radical (unpaired) electrons. The molecule has 0 saturated carbocycles. The Labute approximate surface area is 134 Å². The van der Waals surface area contributed by atoms with Gasteiger partial charge >= 0.3 is 0 Å². The molecule has 1 unspecified atom stereocenters. The molecule has 0 bridgehead atoms. The topological polar surface area (TPSA) is 72.6 Å². The molecular weight excluding hydrogens is 356 g/mol. The number of sulfonamides is 1. The van der Waals surface area contributed by atoms with Gasteiger partial charge in [0, 0.05) is 24.1 Å². The summed E-state index contributed by atoms with van der Waals surface area (Å²) in [7, 11) is -3.52. The minimum Gasteiger partial charge on any atom is -0.375 e. The van der Waals surface area contributed by atoms with Gasteiger partial charge in [0.2, 0.25) is 10.0 Å². The third kappa shape index (κ3) is 3.48. The Morgan fingerprint density at radius 2 is 2.19 bits per heavy atom. The van der Waals surface area contributed by atoms with Crippen LogP contribution in [0.15, 0.2) is 21.5 Å². The lowest BCUT2D eigenvalue weighted by Gasteiger charge is -2.32. The maximum Gasteiger partial charge on any atom is 0.243 e. The summed E-state index contributed by atoms with van der Waals surface area (Å²) < 4.78 is 33.6. The van der Waals surface area contributed by atoms with Gasteiger partial charge in [-0.3, -0.25) is 0 Å². The standard InChI is InChI=1S/C14H21BrN2O3S/c1-3-12-9-17(4-5-20-12)21(18,19)14-7-11(8-16)6-13(15)10(14)2/h6-7,12H,3-5,8-9,16H2,1-2H3. The second-order valence-corrected chi connectivity index (χ2v) is 7.93. The number of ether oxygens (including phenoxy) is 1. The molecule has 1 fully saturated rings. The van der Waals surface area contributed by atoms with E-state index in [1.807, 2.05) is 13.0 Å². The molecule has 1 aromatic rings. The molecule has 0 aromatic heterocycles. The third-order valence-electron chi connectivity index (χ3n) is 3.77. The number of morpholine rings is 1. The number of hydrogen-bond acceptors (Lipinski definition) is 4. The predicted molar refractivity (Wildman–Crippen MR) is 85.6 cm³/mol. The second-order valence-electron chi connectivity index (χ2n) is 5.17. The monoisotopic (exact) mass is 376 g/mol. The Balaban J connectivity index is 2.41. The molecule has 0 aliphatic carbocycles. The van der Waals surface area contributed by atoms with Gasteiger partial charge in [-0.25, -0.2) is 8.42 Å². The smallest absolute Gasteiger partial charge is 0.243 e. The van der Waals surface area contributed by atoms with Crippen molar-refractivity contribution in [1.29, 1.82) is 0 Å². The predicted octanol–water partition coefficient (Wildman–Crippen LogP) is 2.02. The van der Waals surface area contributed by atoms with Crippen LogP contribution in [0.1, 0.15) is 24.5 Å². The molecule has 0 spiro atoms. The summed E-state index contributed by atoms with van der Waals surface area (Å²) in [4.78, 5) is 0.328. The largest absolute Gasteiger partial charge is 0.375 e. The number of hydrogen-bond donors (Lipinski definition) is 1. The first-order valence-electron chi connectivity index (χ1n) is 7.01. The van der Waals surface area contributed by atoms with E-state index in [4.69, 9.17) is 10.5 Å². The van der Waals surface area contributed by atoms with Gasteiger partial charge in [0.15, 0.2) is 0 Å². The Hall–Kier alpha value is -0.470. The van der Waals surface area contributed by atoms with Crippen molar-refractivity contribution in [2.75, 3.05) is 19.7 Å². The normalized spacial score (nSPS) is 20.7. The van der Waals surface area contributed by atoms with E-state index in [0.717, 1.165) is 16.5 Å². The average molecular weight is 377 g/mol. The highest BCUT2D eigenvalue weighted by molar-refractivity contribution is 9.10. The van der Waals surface area contributed by atoms with Crippen LogP contribution >= 0.6 is 15.9 Å². The van der Waals surface area contributed by atoms with E-state index in [1.165, 1.54) is 4.31 Å². The van der Waals surface area contributed by atoms with Crippen molar-refractivity contribution in [1.82, 2.24) is 4.31 Å². The van der Waals surface area contributed by atoms with Crippen LogP contribution in [0.5, 0.6) is 0 Å². The van der Waals surface area contributed by atoms with Gasteiger partial charge in [0.1, 0.15) is 0 Å². The second kappa shape index (κ2) is 6.75. The first kappa shape index (κ1) is 16.9. The SMILES string of the molecule is CCC1CN(S(=O)(=O)c2cc(CN)cc(Br)c2C)CCO1. The molecule has 1 atom stereocenters. The van der Waals surface area contributed by atoms with Gasteiger partial charge in [0.25, 0.3) is 0 Å². The van der Waals surface area contributed by atoms with Crippen LogP contribution < -0.4 is 5.73 Å². The van der Waals surface area contributed by atoms with E-state index < -0.39 is 10.0 Å². The van der Waals surface area contributed by atoms with Crippen LogP contribution in [-0.4, -0.2) is 38.5 Å². The molecule has 1 aromatic carbocycles. The molecule has 118 valence electrons. The molecule has 1 aliphatic heterocycles. The molecule has 7 heteroatoms. The highest BCUT2D eigenvalue weighted by Crippen LogP contribution is 2.29. The molecule has 2 rings (SSSR count). The van der Waals surface area contributed by atoms with Crippen LogP contribution in [0.25, 0.3) is 0 Å². The van der Waals surface area contributed by atoms with Crippen LogP contribution in [0.2, 0.25) is 0 Å². The number of rotatable bonds is 4. The summed E-state index contributed by atoms with van der Waals surface area (Å²) >= 11 is 3.42. The Morgan fingerprint density at radius 3 is 2.81 bits per heavy atom. The van der Waals surface area contributed by atoms with Gasteiger partial charge < -0.3 is 10.5 Å². The lowest BCUT2D eigenvalue weighted by atomic mass is 10.1. The van der Waals surface area contributed by atoms with Crippen molar-refractivity contribution >= 4 is 26.0 Å². The maximum atomic E-state index is 12.9. The zero-order chi connectivity index (χ0) is 15.6. The molecular formula is C14H21BrN2O3S. The van der Waals surface area contributed by atoms with E-state index >= 15 is 0 Å². The Morgan fingerprint density at radius 1 is 1.48 bits per heavy atom. The van der Waals surface area contributed by atoms with Gasteiger partial charge in [-0.05, 0) is 36.6 Å². The summed E-state index contributed by atoms with van der Waals surface area (Å²) in [5.41, 5.74) is 7.17. The number of nitrogens with two attached hydrogens (primary N) is 1. The van der Waals surface area contributed by atoms with E-state index in [0.29, 0.717) is 36.7 Å². The molecule has 0 amide bonds. The summed E-state index contributed by atoms with van der Waals surface area (Å²) in [5, 5.41) is 0. The molecule has 1 heterocycles. The molecule has 21 heavy (non-hydrogen) atoms. The number of benzene rings is 1. The van der Waals surface area contributed by atoms with Gasteiger partial charge in [-0.2, -0.15) is 4.31 Å². The van der Waals surface area contributed by atoms with Crippen molar-refractivity contribution in [2.24, 2.45) is 5.73 Å². The Bertz CT molecular complexity index is 619. The molecule has 2 N–H and O–H groups in total. The minimum absolute atomic E-state index is 0.0324. The average Bonchev–Trinajstić information content (AvgIpc) is 2.49. The first-order chi connectivity index (χ1) is 9.90. The highest BCUT2D eigenvalue weighted by atomic mass is 79.9. The lowest BCUT2D eigenvalue weighted by Crippen LogP contribution is -2.45. The first-order valence-corrected chi connectivity index (χ1v) is 9.24. The van der Waals surface area contributed by atoms with Crippen LogP contribution in [0, 0.1) is 6.92 Å². The molecule has 5 nitrogen and oxygen atoms in total. The van der Waals surface area contributed by atoms with Crippen LogP contribution in [0.3, 0.4) is 0 Å². The number of halogens is 1. The van der Waals surface area contributed by atoms with E-state index in [-0.39, 0.29) is 6.10 Å². The van der Waals surface area contributed by atoms with Crippen molar-refractivity contribution < 1.29 is 13.2 Å². The van der Waals surface area contributed by atoms with Gasteiger partial charge in [-0.15, -0.1) is 0 Å². The summed E-state index contributed by atoms with van der Waals surface area (Å²) in [5.74, 6) is 0. The quantitative estimate of drug-likeness (QED) is 0.872. The van der Waals surface area contributed by atoms with Crippen molar-refractivity contribution in [3.8, 4) is 0 Å². The van der Waals surface area contributed by atoms with E-state index in [9.17, 15) is 8.42 Å². The van der Waals surface area contributed by atoms with Crippen LogP contribution in [-0.2, 0) is 21.3 Å². The molecule has 1 aliphatic rings. The fourth-order valence-corrected chi connectivity index (χ4v) is 4.78. The summed E-state index contributed by atoms with van der Waals surface area (Å²) in [6.45, 7) is 5.34. The lowest BCUT2D eigenvalue weighted by molar-refractivity contribution is -0.00279. The highest BCUT2D eigenvalue weighted by Gasteiger charge is 2.31. The molecule has 1 saturated heterocycles. The Kier molecular flexibility index (Phi) is 5.43. The number of nitrogens with zero attached hydrogens (tertiary/aromatic N) is 1. The van der Waals surface area contributed by atoms with Gasteiger partial charge in [-0.1, -0.05) is 22.9 Å². The zero-order valence-electron chi connectivity index (χ0n) is 12.3. The van der Waals surface area contributed by atoms with Gasteiger partial charge in [0.05, 0.1) is 17.6 Å². The van der Waals surface area contributed by atoms with Crippen molar-refractivity contribution in [3.05, 3.63) is 27.7 Å². The summed E-state index contributed by atoms with van der Waals surface area (Å²) in [6, 6.07) is 3.54. The fraction of sp³-hybridized carbons (Fsp3) is 0.571. The minimum atomic E-state index is -3.52. The third-order valence-corrected chi connectivity index (χ3v) is 6.58. The van der Waals surface area contributed by atoms with Crippen LogP contribution in [0.4, 0.5) is 0 Å². The van der Waals surface area contributed by atoms with Crippen molar-refractivity contribution in [2.45, 2.75) is 37.8 Å². The van der Waals surface area contributed by atoms with E-state index in [1.54, 1.807) is 13.0 Å². The zero-order valence-corrected chi connectivity index (χ0v) is 14.7.